The van der Waals surface area contributed by atoms with Crippen molar-refractivity contribution in [3.63, 3.8) is 0 Å². The molecule has 6 heteroatoms. The average Bonchev–Trinajstić information content (AvgIpc) is 2.54. The third kappa shape index (κ3) is 5.46. The van der Waals surface area contributed by atoms with Gasteiger partial charge in [-0.1, -0.05) is 0 Å². The second kappa shape index (κ2) is 8.05. The van der Waals surface area contributed by atoms with Gasteiger partial charge in [0, 0.05) is 46.1 Å². The van der Waals surface area contributed by atoms with Gasteiger partial charge < -0.3 is 15.3 Å². The minimum absolute atomic E-state index is 0.0922. The Morgan fingerprint density at radius 2 is 2.00 bits per heavy atom. The number of carbonyl (C=O) groups excluding carboxylic acids is 2. The van der Waals surface area contributed by atoms with Gasteiger partial charge in [0.25, 0.3) is 0 Å². The van der Waals surface area contributed by atoms with Crippen molar-refractivity contribution in [2.75, 3.05) is 45.9 Å². The normalized spacial score (nSPS) is 17.3. The molecule has 0 saturated carbocycles. The second-order valence-electron chi connectivity index (χ2n) is 4.53. The Kier molecular flexibility index (Phi) is 6.67. The number of nitrogens with one attached hydrogen (secondary N) is 1. The highest BCUT2D eigenvalue weighted by Gasteiger charge is 2.18. The molecule has 0 aliphatic carbocycles. The number of aliphatic hydroxyl groups is 1. The molecule has 0 bridgehead atoms. The monoisotopic (exact) mass is 257 g/mol. The van der Waals surface area contributed by atoms with E-state index in [1.54, 1.807) is 0 Å². The predicted octanol–water partition coefficient (Wildman–Crippen LogP) is -0.961. The summed E-state index contributed by atoms with van der Waals surface area (Å²) in [5.74, 6) is -0.0117. The maximum absolute atomic E-state index is 11.9. The first-order valence-electron chi connectivity index (χ1n) is 6.49. The van der Waals surface area contributed by atoms with E-state index in [0.717, 1.165) is 26.1 Å². The summed E-state index contributed by atoms with van der Waals surface area (Å²) in [7, 11) is 0. The highest BCUT2D eigenvalue weighted by Crippen LogP contribution is 2.04. The van der Waals surface area contributed by atoms with Crippen LogP contribution in [0.1, 0.15) is 19.8 Å². The minimum atomic E-state index is -0.104. The number of nitrogens with zero attached hydrogens (tertiary/aromatic N) is 2. The van der Waals surface area contributed by atoms with E-state index in [1.165, 1.54) is 6.92 Å². The van der Waals surface area contributed by atoms with Crippen LogP contribution in [0.2, 0.25) is 0 Å². The molecule has 18 heavy (non-hydrogen) atoms. The van der Waals surface area contributed by atoms with Crippen LogP contribution in [0.15, 0.2) is 0 Å². The number of β-amino-alcohol motifs (C(OH)–C–C–N with tert-alkyl or cyclic N) is 1. The Morgan fingerprint density at radius 3 is 2.67 bits per heavy atom. The van der Waals surface area contributed by atoms with Crippen molar-refractivity contribution >= 4 is 11.8 Å². The number of hydrogen-bond donors (Lipinski definition) is 2. The van der Waals surface area contributed by atoms with Crippen LogP contribution in [-0.4, -0.2) is 72.6 Å². The first-order chi connectivity index (χ1) is 8.63. The fraction of sp³-hybridized carbons (Fsp3) is 0.833. The summed E-state index contributed by atoms with van der Waals surface area (Å²) in [4.78, 5) is 26.6. The Hall–Kier alpha value is -1.14. The molecular weight excluding hydrogens is 234 g/mol. The van der Waals surface area contributed by atoms with Crippen molar-refractivity contribution in [2.45, 2.75) is 19.8 Å². The smallest absolute Gasteiger partial charge is 0.224 e. The summed E-state index contributed by atoms with van der Waals surface area (Å²) in [5.41, 5.74) is 0. The highest BCUT2D eigenvalue weighted by atomic mass is 16.3. The first kappa shape index (κ1) is 14.9. The first-order valence-corrected chi connectivity index (χ1v) is 6.49. The van der Waals surface area contributed by atoms with E-state index < -0.39 is 0 Å². The quantitative estimate of drug-likeness (QED) is 0.665. The number of amides is 2. The molecule has 6 nitrogen and oxygen atoms in total. The van der Waals surface area contributed by atoms with Gasteiger partial charge in [-0.15, -0.1) is 0 Å². The molecule has 2 amide bonds. The van der Waals surface area contributed by atoms with Gasteiger partial charge in [-0.2, -0.15) is 0 Å². The molecule has 0 atom stereocenters. The Morgan fingerprint density at radius 1 is 1.22 bits per heavy atom. The van der Waals surface area contributed by atoms with Gasteiger partial charge in [-0.25, -0.2) is 0 Å². The molecule has 1 aliphatic heterocycles. The molecule has 1 rings (SSSR count). The molecule has 0 aromatic rings. The van der Waals surface area contributed by atoms with Crippen LogP contribution in [0.3, 0.4) is 0 Å². The summed E-state index contributed by atoms with van der Waals surface area (Å²) >= 11 is 0. The van der Waals surface area contributed by atoms with Crippen LogP contribution < -0.4 is 5.32 Å². The van der Waals surface area contributed by atoms with Gasteiger partial charge >= 0.3 is 0 Å². The SMILES string of the molecule is CC(=O)NCCC(=O)N1CCCN(CCO)CC1. The molecular formula is C12H23N3O3. The Bertz CT molecular complexity index is 284. The van der Waals surface area contributed by atoms with Crippen LogP contribution >= 0.6 is 0 Å². The number of hydrogen-bond acceptors (Lipinski definition) is 4. The molecule has 1 fully saturated rings. The lowest BCUT2D eigenvalue weighted by Gasteiger charge is -2.21. The summed E-state index contributed by atoms with van der Waals surface area (Å²) in [5, 5.41) is 11.5. The lowest BCUT2D eigenvalue weighted by atomic mass is 10.3. The zero-order chi connectivity index (χ0) is 13.4. The topological polar surface area (TPSA) is 72.9 Å². The fourth-order valence-electron chi connectivity index (χ4n) is 2.09. The average molecular weight is 257 g/mol. The minimum Gasteiger partial charge on any atom is -0.395 e. The van der Waals surface area contributed by atoms with Crippen LogP contribution in [0, 0.1) is 0 Å². The number of carbonyl (C=O) groups is 2. The van der Waals surface area contributed by atoms with E-state index in [-0.39, 0.29) is 18.4 Å². The molecule has 1 heterocycles. The second-order valence-corrected chi connectivity index (χ2v) is 4.53. The summed E-state index contributed by atoms with van der Waals surface area (Å²) < 4.78 is 0. The summed E-state index contributed by atoms with van der Waals surface area (Å²) in [6.45, 7) is 5.90. The third-order valence-electron chi connectivity index (χ3n) is 3.07. The summed E-state index contributed by atoms with van der Waals surface area (Å²) in [6, 6.07) is 0. The van der Waals surface area contributed by atoms with Gasteiger partial charge in [0.15, 0.2) is 0 Å². The van der Waals surface area contributed by atoms with Crippen molar-refractivity contribution in [1.82, 2.24) is 15.1 Å². The van der Waals surface area contributed by atoms with E-state index >= 15 is 0 Å². The van der Waals surface area contributed by atoms with Crippen LogP contribution in [-0.2, 0) is 9.59 Å². The van der Waals surface area contributed by atoms with Crippen molar-refractivity contribution < 1.29 is 14.7 Å². The Labute approximate surface area is 108 Å². The fourth-order valence-corrected chi connectivity index (χ4v) is 2.09. The van der Waals surface area contributed by atoms with Gasteiger partial charge in [0.1, 0.15) is 0 Å². The van der Waals surface area contributed by atoms with Crippen LogP contribution in [0.5, 0.6) is 0 Å². The van der Waals surface area contributed by atoms with E-state index in [0.29, 0.717) is 26.1 Å². The zero-order valence-electron chi connectivity index (χ0n) is 11.0. The molecule has 1 aliphatic rings. The molecule has 0 radical (unpaired) electrons. The standard InChI is InChI=1S/C12H23N3O3/c1-11(17)13-4-3-12(18)15-6-2-5-14(7-8-15)9-10-16/h16H,2-10H2,1H3,(H,13,17). The third-order valence-corrected chi connectivity index (χ3v) is 3.07. The zero-order valence-corrected chi connectivity index (χ0v) is 11.0. The lowest BCUT2D eigenvalue weighted by molar-refractivity contribution is -0.131. The maximum atomic E-state index is 11.9. The van der Waals surface area contributed by atoms with Crippen LogP contribution in [0.25, 0.3) is 0 Å². The van der Waals surface area contributed by atoms with Gasteiger partial charge in [0.2, 0.25) is 11.8 Å². The van der Waals surface area contributed by atoms with E-state index in [2.05, 4.69) is 10.2 Å². The lowest BCUT2D eigenvalue weighted by Crippen LogP contribution is -2.37. The molecule has 0 spiro atoms. The van der Waals surface area contributed by atoms with Gasteiger partial charge in [-0.05, 0) is 13.0 Å². The van der Waals surface area contributed by atoms with Crippen molar-refractivity contribution in [2.24, 2.45) is 0 Å². The molecule has 1 saturated heterocycles. The van der Waals surface area contributed by atoms with Crippen LogP contribution in [0.4, 0.5) is 0 Å². The van der Waals surface area contributed by atoms with Crippen molar-refractivity contribution in [3.8, 4) is 0 Å². The largest absolute Gasteiger partial charge is 0.395 e. The molecule has 0 aromatic heterocycles. The van der Waals surface area contributed by atoms with E-state index in [4.69, 9.17) is 5.11 Å². The molecule has 2 N–H and O–H groups in total. The van der Waals surface area contributed by atoms with Gasteiger partial charge in [0.05, 0.1) is 6.61 Å². The van der Waals surface area contributed by atoms with E-state index in [1.807, 2.05) is 4.90 Å². The predicted molar refractivity (Wildman–Crippen MR) is 68.0 cm³/mol. The maximum Gasteiger partial charge on any atom is 0.224 e. The number of rotatable bonds is 5. The van der Waals surface area contributed by atoms with Crippen molar-refractivity contribution in [1.29, 1.82) is 0 Å². The molecule has 0 unspecified atom stereocenters. The molecule has 0 aromatic carbocycles. The molecule has 104 valence electrons. The van der Waals surface area contributed by atoms with E-state index in [9.17, 15) is 9.59 Å². The van der Waals surface area contributed by atoms with Crippen molar-refractivity contribution in [3.05, 3.63) is 0 Å². The Balaban J connectivity index is 2.28. The summed E-state index contributed by atoms with van der Waals surface area (Å²) in [6.07, 6.45) is 1.30. The van der Waals surface area contributed by atoms with Gasteiger partial charge in [-0.3, -0.25) is 14.5 Å². The number of aliphatic hydroxyl groups excluding tert-OH is 1. The highest BCUT2D eigenvalue weighted by molar-refractivity contribution is 5.78.